The van der Waals surface area contributed by atoms with Crippen molar-refractivity contribution >= 4 is 16.1 Å². The minimum Gasteiger partial charge on any atom is -0.748 e. The van der Waals surface area contributed by atoms with Gasteiger partial charge in [0, 0.05) is 0 Å². The lowest BCUT2D eigenvalue weighted by Crippen LogP contribution is -2.23. The average molecular weight is 241 g/mol. The number of hydrogen-bond acceptors (Lipinski definition) is 4. The predicted molar refractivity (Wildman–Crippen MR) is 58.7 cm³/mol. The first kappa shape index (κ1) is 19.9. The summed E-state index contributed by atoms with van der Waals surface area (Å²) < 4.78 is 30.8. The van der Waals surface area contributed by atoms with Crippen molar-refractivity contribution in [2.45, 2.75) is 52.7 Å². The summed E-state index contributed by atoms with van der Waals surface area (Å²) in [5, 5.41) is 6.88. The number of rotatable bonds is 4. The quantitative estimate of drug-likeness (QED) is 0.758. The molecule has 0 aromatic heterocycles. The third-order valence-electron chi connectivity index (χ3n) is 1.27. The van der Waals surface area contributed by atoms with Crippen LogP contribution >= 0.6 is 0 Å². The van der Waals surface area contributed by atoms with Gasteiger partial charge in [-0.2, -0.15) is 0 Å². The molecule has 0 rings (SSSR count). The van der Waals surface area contributed by atoms with Crippen molar-refractivity contribution in [1.29, 1.82) is 0 Å². The Hall–Kier alpha value is -0.620. The Morgan fingerprint density at radius 3 is 1.67 bits per heavy atom. The monoisotopic (exact) mass is 241 g/mol. The Morgan fingerprint density at radius 1 is 1.27 bits per heavy atom. The van der Waals surface area contributed by atoms with E-state index in [9.17, 15) is 17.8 Å². The van der Waals surface area contributed by atoms with E-state index in [1.807, 2.05) is 27.7 Å². The van der Waals surface area contributed by atoms with E-state index in [2.05, 4.69) is 0 Å². The van der Waals surface area contributed by atoms with Crippen LogP contribution in [0.3, 0.4) is 0 Å². The molecule has 0 radical (unpaired) electrons. The minimum absolute atomic E-state index is 0.0398. The van der Waals surface area contributed by atoms with Gasteiger partial charge in [-0.1, -0.05) is 34.6 Å². The summed E-state index contributed by atoms with van der Waals surface area (Å²) in [7, 11) is -4.44. The highest BCUT2D eigenvalue weighted by molar-refractivity contribution is 7.86. The second-order valence-electron chi connectivity index (χ2n) is 2.12. The van der Waals surface area contributed by atoms with Crippen molar-refractivity contribution in [3.05, 3.63) is 0 Å². The van der Waals surface area contributed by atoms with E-state index < -0.39 is 27.8 Å². The third kappa shape index (κ3) is 13.4. The van der Waals surface area contributed by atoms with Gasteiger partial charge in [0.1, 0.15) is 0 Å². The molecule has 15 heavy (non-hydrogen) atoms. The van der Waals surface area contributed by atoms with Gasteiger partial charge in [-0.3, -0.25) is 4.79 Å². The van der Waals surface area contributed by atoms with Crippen LogP contribution in [0.1, 0.15) is 47.5 Å². The number of aliphatic carboxylic acids is 1. The predicted octanol–water partition coefficient (Wildman–Crippen LogP) is 1.84. The normalized spacial score (nSPS) is 11.3. The molecule has 0 saturated heterocycles. The summed E-state index contributed by atoms with van der Waals surface area (Å²) in [6, 6.07) is 0. The molecule has 1 unspecified atom stereocenters. The van der Waals surface area contributed by atoms with Crippen LogP contribution in [-0.2, 0) is 14.9 Å². The summed E-state index contributed by atoms with van der Waals surface area (Å²) in [5.41, 5.74) is 0. The van der Waals surface area contributed by atoms with Crippen LogP contribution in [0.15, 0.2) is 0 Å². The zero-order valence-electron chi connectivity index (χ0n) is 9.98. The van der Waals surface area contributed by atoms with Crippen molar-refractivity contribution in [1.82, 2.24) is 0 Å². The Labute approximate surface area is 92.3 Å². The van der Waals surface area contributed by atoms with E-state index in [4.69, 9.17) is 5.11 Å². The van der Waals surface area contributed by atoms with E-state index in [-0.39, 0.29) is 6.42 Å². The molecule has 5 nitrogen and oxygen atoms in total. The fraction of sp³-hybridized carbons (Fsp3) is 0.889. The molecule has 0 aliphatic carbocycles. The molecule has 1 atom stereocenters. The topological polar surface area (TPSA) is 94.5 Å². The van der Waals surface area contributed by atoms with E-state index in [1.54, 1.807) is 0 Å². The fourth-order valence-corrected chi connectivity index (χ4v) is 1.40. The molecule has 0 aromatic carbocycles. The summed E-state index contributed by atoms with van der Waals surface area (Å²) >= 11 is 0. The molecule has 6 heteroatoms. The Kier molecular flexibility index (Phi) is 15.2. The van der Waals surface area contributed by atoms with Crippen molar-refractivity contribution < 1.29 is 22.9 Å². The van der Waals surface area contributed by atoms with Gasteiger partial charge < -0.3 is 9.66 Å². The highest BCUT2D eigenvalue weighted by Crippen LogP contribution is 2.07. The molecule has 0 heterocycles. The average Bonchev–Trinajstić information content (AvgIpc) is 2.18. The molecular weight excluding hydrogens is 220 g/mol. The maximum absolute atomic E-state index is 10.3. The van der Waals surface area contributed by atoms with Crippen molar-refractivity contribution in [3.63, 3.8) is 0 Å². The van der Waals surface area contributed by atoms with E-state index in [0.29, 0.717) is 0 Å². The van der Waals surface area contributed by atoms with Crippen LogP contribution in [0.2, 0.25) is 0 Å². The van der Waals surface area contributed by atoms with Gasteiger partial charge in [0.15, 0.2) is 0 Å². The number of hydrogen-bond donors (Lipinski definition) is 1. The second-order valence-corrected chi connectivity index (χ2v) is 3.77. The number of carboxylic acid groups (broad SMARTS) is 1. The first-order valence-corrected chi connectivity index (χ1v) is 6.51. The zero-order valence-corrected chi connectivity index (χ0v) is 10.8. The zero-order chi connectivity index (χ0) is 13.1. The summed E-state index contributed by atoms with van der Waals surface area (Å²) in [4.78, 5) is 10.0. The molecule has 0 fully saturated rings. The van der Waals surface area contributed by atoms with Gasteiger partial charge in [0.2, 0.25) is 0 Å². The van der Waals surface area contributed by atoms with Gasteiger partial charge in [0.05, 0.1) is 21.8 Å². The van der Waals surface area contributed by atoms with Gasteiger partial charge in [0.25, 0.3) is 0 Å². The summed E-state index contributed by atoms with van der Waals surface area (Å²) in [6.45, 7) is 9.46. The summed E-state index contributed by atoms with van der Waals surface area (Å²) in [6.07, 6.45) is -0.569. The lowest BCUT2D eigenvalue weighted by molar-refractivity contribution is -0.137. The van der Waals surface area contributed by atoms with E-state index in [1.165, 1.54) is 6.92 Å². The molecule has 0 bridgehead atoms. The van der Waals surface area contributed by atoms with Crippen LogP contribution in [0.5, 0.6) is 0 Å². The van der Waals surface area contributed by atoms with Gasteiger partial charge in [-0.15, -0.1) is 0 Å². The lowest BCUT2D eigenvalue weighted by Gasteiger charge is -2.16. The maximum atomic E-state index is 10.3. The van der Waals surface area contributed by atoms with Crippen LogP contribution in [0.25, 0.3) is 0 Å². The Balaban J connectivity index is -0.000000318. The standard InChI is InChI=1S/C5H10O5S.2C2H6/c1-2-4(3-5(6)7)11(8,9)10;2*1-2/h4H,2-3H2,1H3,(H,6,7)(H,8,9,10);2*1-2H3/p-1. The molecule has 0 aliphatic rings. The summed E-state index contributed by atoms with van der Waals surface area (Å²) in [5.74, 6) is -1.27. The van der Waals surface area contributed by atoms with Crippen molar-refractivity contribution in [3.8, 4) is 0 Å². The number of carbonyl (C=O) groups is 1. The lowest BCUT2D eigenvalue weighted by atomic mass is 10.2. The smallest absolute Gasteiger partial charge is 0.304 e. The van der Waals surface area contributed by atoms with E-state index in [0.717, 1.165) is 0 Å². The SMILES string of the molecule is CC.CC.CCC(CC(=O)O)S(=O)(=O)[O-]. The molecule has 0 aromatic rings. The van der Waals surface area contributed by atoms with Gasteiger partial charge in [-0.05, 0) is 6.42 Å². The first-order chi connectivity index (χ1) is 6.88. The highest BCUT2D eigenvalue weighted by Gasteiger charge is 2.17. The molecule has 0 aliphatic heterocycles. The molecule has 0 saturated carbocycles. The second kappa shape index (κ2) is 11.5. The van der Waals surface area contributed by atoms with Crippen molar-refractivity contribution in [2.75, 3.05) is 0 Å². The third-order valence-corrected chi connectivity index (χ3v) is 2.58. The fourth-order valence-electron chi connectivity index (χ4n) is 0.645. The highest BCUT2D eigenvalue weighted by atomic mass is 32.2. The van der Waals surface area contributed by atoms with Crippen LogP contribution in [0.4, 0.5) is 0 Å². The van der Waals surface area contributed by atoms with Gasteiger partial charge in [-0.25, -0.2) is 8.42 Å². The van der Waals surface area contributed by atoms with Crippen LogP contribution < -0.4 is 0 Å². The minimum atomic E-state index is -4.44. The molecular formula is C9H21O5S-. The molecule has 0 amide bonds. The Morgan fingerprint density at radius 2 is 1.60 bits per heavy atom. The van der Waals surface area contributed by atoms with E-state index >= 15 is 0 Å². The Bertz CT molecular complexity index is 233. The van der Waals surface area contributed by atoms with Crippen molar-refractivity contribution in [2.24, 2.45) is 0 Å². The van der Waals surface area contributed by atoms with Crippen LogP contribution in [0, 0.1) is 0 Å². The molecule has 1 N–H and O–H groups in total. The van der Waals surface area contributed by atoms with Crippen LogP contribution in [-0.4, -0.2) is 29.3 Å². The maximum Gasteiger partial charge on any atom is 0.304 e. The van der Waals surface area contributed by atoms with Gasteiger partial charge >= 0.3 is 5.97 Å². The molecule has 94 valence electrons. The molecule has 0 spiro atoms. The first-order valence-electron chi connectivity index (χ1n) is 5.04. The largest absolute Gasteiger partial charge is 0.748 e. The number of carboxylic acids is 1.